The molecule has 2 aromatic rings. The smallest absolute Gasteiger partial charge is 0.344 e. The van der Waals surface area contributed by atoms with E-state index in [-0.39, 0.29) is 25.4 Å². The minimum absolute atomic E-state index is 0.0873. The molecule has 2 N–H and O–H groups in total. The molecule has 7 heteroatoms. The molecule has 7 nitrogen and oxygen atoms in total. The maximum atomic E-state index is 11.5. The summed E-state index contributed by atoms with van der Waals surface area (Å²) in [6.07, 6.45) is 2.19. The number of nitrogens with one attached hydrogen (secondary N) is 1. The first kappa shape index (κ1) is 20.5. The van der Waals surface area contributed by atoms with Crippen LogP contribution in [-0.2, 0) is 22.4 Å². The fraction of sp³-hybridized carbons (Fsp3) is 0.435. The molecule has 30 heavy (non-hydrogen) atoms. The van der Waals surface area contributed by atoms with Crippen molar-refractivity contribution in [1.82, 2.24) is 5.32 Å². The van der Waals surface area contributed by atoms with Crippen LogP contribution in [0.25, 0.3) is 0 Å². The van der Waals surface area contributed by atoms with Crippen LogP contribution in [0.4, 0.5) is 0 Å². The van der Waals surface area contributed by atoms with Crippen molar-refractivity contribution in [3.63, 3.8) is 0 Å². The van der Waals surface area contributed by atoms with Gasteiger partial charge in [-0.05, 0) is 67.1 Å². The molecule has 2 atom stereocenters. The summed E-state index contributed by atoms with van der Waals surface area (Å²) in [6, 6.07) is 11.7. The van der Waals surface area contributed by atoms with Gasteiger partial charge in [0.15, 0.2) is 18.1 Å². The van der Waals surface area contributed by atoms with Gasteiger partial charge >= 0.3 is 5.97 Å². The molecule has 0 bridgehead atoms. The molecule has 0 amide bonds. The minimum atomic E-state index is -0.625. The first-order valence-corrected chi connectivity index (χ1v) is 10.3. The second-order valence-corrected chi connectivity index (χ2v) is 7.50. The molecule has 0 aromatic heterocycles. The van der Waals surface area contributed by atoms with E-state index in [2.05, 4.69) is 11.4 Å². The molecule has 160 valence electrons. The highest BCUT2D eigenvalue weighted by Crippen LogP contribution is 2.34. The Hall–Kier alpha value is -2.77. The summed E-state index contributed by atoms with van der Waals surface area (Å²) in [5.41, 5.74) is 3.31. The third-order valence-electron chi connectivity index (χ3n) is 5.45. The number of fused-ring (bicyclic) bond motifs is 2. The van der Waals surface area contributed by atoms with Crippen molar-refractivity contribution in [1.29, 1.82) is 0 Å². The monoisotopic (exact) mass is 413 g/mol. The molecule has 0 saturated carbocycles. The fourth-order valence-corrected chi connectivity index (χ4v) is 3.86. The molecule has 2 aromatic carbocycles. The van der Waals surface area contributed by atoms with Crippen LogP contribution in [-0.4, -0.2) is 43.7 Å². The molecular weight excluding hydrogens is 386 g/mol. The summed E-state index contributed by atoms with van der Waals surface area (Å²) >= 11 is 0. The lowest BCUT2D eigenvalue weighted by Crippen LogP contribution is -2.37. The SMILES string of the molecule is CCOC(=O)COc1ccc2c(c1)CC(NCC(O)c1ccc3c(c1)OCO3)CC2. The summed E-state index contributed by atoms with van der Waals surface area (Å²) in [6.45, 7) is 2.71. The first-order chi connectivity index (χ1) is 14.6. The van der Waals surface area contributed by atoms with Crippen molar-refractivity contribution in [3.05, 3.63) is 53.1 Å². The highest BCUT2D eigenvalue weighted by molar-refractivity contribution is 5.71. The van der Waals surface area contributed by atoms with Gasteiger partial charge in [-0.3, -0.25) is 0 Å². The van der Waals surface area contributed by atoms with Crippen molar-refractivity contribution in [2.45, 2.75) is 38.3 Å². The van der Waals surface area contributed by atoms with Crippen LogP contribution in [0.1, 0.15) is 36.1 Å². The lowest BCUT2D eigenvalue weighted by Gasteiger charge is -2.27. The van der Waals surface area contributed by atoms with Crippen LogP contribution >= 0.6 is 0 Å². The molecule has 1 aliphatic carbocycles. The molecule has 2 aliphatic rings. The molecule has 1 aliphatic heterocycles. The van der Waals surface area contributed by atoms with Crippen LogP contribution in [0.3, 0.4) is 0 Å². The number of hydrogen-bond donors (Lipinski definition) is 2. The lowest BCUT2D eigenvalue weighted by atomic mass is 9.88. The van der Waals surface area contributed by atoms with Gasteiger partial charge in [0.25, 0.3) is 0 Å². The second kappa shape index (κ2) is 9.36. The number of carbonyl (C=O) groups excluding carboxylic acids is 1. The average molecular weight is 413 g/mol. The Balaban J connectivity index is 1.31. The third kappa shape index (κ3) is 4.86. The second-order valence-electron chi connectivity index (χ2n) is 7.50. The first-order valence-electron chi connectivity index (χ1n) is 10.3. The molecule has 0 radical (unpaired) electrons. The summed E-state index contributed by atoms with van der Waals surface area (Å²) in [7, 11) is 0. The van der Waals surface area contributed by atoms with Crippen molar-refractivity contribution >= 4 is 5.97 Å². The van der Waals surface area contributed by atoms with E-state index < -0.39 is 6.10 Å². The van der Waals surface area contributed by atoms with Gasteiger partial charge in [-0.25, -0.2) is 4.79 Å². The van der Waals surface area contributed by atoms with Crippen molar-refractivity contribution in [3.8, 4) is 17.2 Å². The van der Waals surface area contributed by atoms with Gasteiger partial charge in [-0.15, -0.1) is 0 Å². The quantitative estimate of drug-likeness (QED) is 0.643. The number of rotatable bonds is 8. The van der Waals surface area contributed by atoms with Crippen molar-refractivity contribution in [2.75, 3.05) is 26.6 Å². The van der Waals surface area contributed by atoms with E-state index in [4.69, 9.17) is 18.9 Å². The normalized spacial score (nSPS) is 17.9. The van der Waals surface area contributed by atoms with Gasteiger partial charge in [0, 0.05) is 12.6 Å². The van der Waals surface area contributed by atoms with E-state index in [0.717, 1.165) is 24.8 Å². The van der Waals surface area contributed by atoms with Crippen LogP contribution < -0.4 is 19.5 Å². The largest absolute Gasteiger partial charge is 0.482 e. The molecule has 1 heterocycles. The number of aliphatic hydroxyl groups is 1. The van der Waals surface area contributed by atoms with Gasteiger partial charge in [0.1, 0.15) is 5.75 Å². The van der Waals surface area contributed by atoms with E-state index in [1.54, 1.807) is 6.92 Å². The highest BCUT2D eigenvalue weighted by atomic mass is 16.7. The minimum Gasteiger partial charge on any atom is -0.482 e. The van der Waals surface area contributed by atoms with E-state index in [9.17, 15) is 9.90 Å². The number of ether oxygens (including phenoxy) is 4. The predicted molar refractivity (Wildman–Crippen MR) is 110 cm³/mol. The Labute approximate surface area is 175 Å². The standard InChI is InChI=1S/C23H27NO6/c1-2-27-23(26)13-28-19-7-4-15-3-6-18(9-17(15)10-19)24-12-20(25)16-5-8-21-22(11-16)30-14-29-21/h4-5,7-8,10-11,18,20,24-25H,2-3,6,9,12-14H2,1H3. The number of aliphatic hydroxyl groups excluding tert-OH is 1. The molecule has 4 rings (SSSR count). The number of hydrogen-bond acceptors (Lipinski definition) is 7. The fourth-order valence-electron chi connectivity index (χ4n) is 3.86. The lowest BCUT2D eigenvalue weighted by molar-refractivity contribution is -0.145. The molecular formula is C23H27NO6. The zero-order chi connectivity index (χ0) is 20.9. The Morgan fingerprint density at radius 1 is 1.20 bits per heavy atom. The number of benzene rings is 2. The topological polar surface area (TPSA) is 86.3 Å². The predicted octanol–water partition coefficient (Wildman–Crippen LogP) is 2.54. The van der Waals surface area contributed by atoms with Crippen LogP contribution in [0.2, 0.25) is 0 Å². The summed E-state index contributed by atoms with van der Waals surface area (Å²) < 4.78 is 21.2. The van der Waals surface area contributed by atoms with E-state index in [1.165, 1.54) is 11.1 Å². The average Bonchev–Trinajstić information content (AvgIpc) is 3.24. The van der Waals surface area contributed by atoms with Gasteiger partial charge in [0.2, 0.25) is 6.79 Å². The van der Waals surface area contributed by atoms with Crippen LogP contribution in [0.5, 0.6) is 17.2 Å². The molecule has 2 unspecified atom stereocenters. The number of esters is 1. The molecule has 0 spiro atoms. The van der Waals surface area contributed by atoms with E-state index in [0.29, 0.717) is 30.4 Å². The van der Waals surface area contributed by atoms with Crippen molar-refractivity contribution < 1.29 is 28.8 Å². The maximum Gasteiger partial charge on any atom is 0.344 e. The maximum absolute atomic E-state index is 11.5. The van der Waals surface area contributed by atoms with Gasteiger partial charge in [0.05, 0.1) is 12.7 Å². The van der Waals surface area contributed by atoms with Crippen LogP contribution in [0.15, 0.2) is 36.4 Å². The zero-order valence-corrected chi connectivity index (χ0v) is 17.1. The Kier molecular flexibility index (Phi) is 6.40. The van der Waals surface area contributed by atoms with Gasteiger partial charge in [-0.2, -0.15) is 0 Å². The summed E-state index contributed by atoms with van der Waals surface area (Å²) in [5.74, 6) is 1.69. The Morgan fingerprint density at radius 2 is 2.07 bits per heavy atom. The number of carbonyl (C=O) groups is 1. The van der Waals surface area contributed by atoms with E-state index >= 15 is 0 Å². The Morgan fingerprint density at radius 3 is 2.93 bits per heavy atom. The highest BCUT2D eigenvalue weighted by Gasteiger charge is 2.21. The van der Waals surface area contributed by atoms with Gasteiger partial charge in [-0.1, -0.05) is 12.1 Å². The van der Waals surface area contributed by atoms with Crippen molar-refractivity contribution in [2.24, 2.45) is 0 Å². The molecule has 0 fully saturated rings. The van der Waals surface area contributed by atoms with Crippen LogP contribution in [0, 0.1) is 0 Å². The molecule has 0 saturated heterocycles. The number of aryl methyl sites for hydroxylation is 1. The Bertz CT molecular complexity index is 899. The van der Waals surface area contributed by atoms with E-state index in [1.807, 2.05) is 30.3 Å². The third-order valence-corrected chi connectivity index (χ3v) is 5.45. The zero-order valence-electron chi connectivity index (χ0n) is 17.1. The summed E-state index contributed by atoms with van der Waals surface area (Å²) in [4.78, 5) is 11.5. The van der Waals surface area contributed by atoms with Gasteiger partial charge < -0.3 is 29.4 Å². The summed E-state index contributed by atoms with van der Waals surface area (Å²) in [5, 5.41) is 14.0.